The molecule has 34 heavy (non-hydrogen) atoms. The Balaban J connectivity index is 2.09. The van der Waals surface area contributed by atoms with Gasteiger partial charge in [-0.2, -0.15) is 0 Å². The van der Waals surface area contributed by atoms with Crippen LogP contribution in [0.5, 0.6) is 0 Å². The summed E-state index contributed by atoms with van der Waals surface area (Å²) in [6, 6.07) is -0.600. The third-order valence-electron chi connectivity index (χ3n) is 5.58. The topological polar surface area (TPSA) is 87.8 Å². The van der Waals surface area contributed by atoms with Crippen molar-refractivity contribution in [2.75, 3.05) is 13.1 Å². The summed E-state index contributed by atoms with van der Waals surface area (Å²) in [7, 11) is 0. The van der Waals surface area contributed by atoms with E-state index in [0.29, 0.717) is 52.8 Å². The molecule has 0 heterocycles. The van der Waals surface area contributed by atoms with Gasteiger partial charge in [0.1, 0.15) is 0 Å². The molecular weight excluding hydrogens is 471 g/mol. The molecule has 0 radical (unpaired) electrons. The molecule has 2 rings (SSSR count). The second kappa shape index (κ2) is 13.4. The van der Waals surface area contributed by atoms with Crippen LogP contribution in [0.25, 0.3) is 0 Å². The van der Waals surface area contributed by atoms with E-state index in [-0.39, 0.29) is 23.9 Å². The van der Waals surface area contributed by atoms with Crippen LogP contribution in [0.3, 0.4) is 0 Å². The van der Waals surface area contributed by atoms with E-state index in [0.717, 1.165) is 12.1 Å². The van der Waals surface area contributed by atoms with Crippen molar-refractivity contribution < 1.29 is 9.59 Å². The highest BCUT2D eigenvalue weighted by atomic mass is 35.5. The number of carbonyl (C=O) groups is 2. The van der Waals surface area contributed by atoms with Gasteiger partial charge in [-0.3, -0.25) is 14.6 Å². The molecule has 0 aromatic rings. The number of hydrogen-bond acceptors (Lipinski definition) is 4. The van der Waals surface area contributed by atoms with Crippen molar-refractivity contribution in [3.05, 3.63) is 69.4 Å². The Bertz CT molecular complexity index is 980. The lowest BCUT2D eigenvalue weighted by Gasteiger charge is -2.22. The molecule has 0 aromatic heterocycles. The van der Waals surface area contributed by atoms with Crippen LogP contribution in [0.4, 0.5) is 0 Å². The minimum atomic E-state index is -0.305. The lowest BCUT2D eigenvalue weighted by molar-refractivity contribution is -0.126. The van der Waals surface area contributed by atoms with E-state index in [2.05, 4.69) is 10.3 Å². The van der Waals surface area contributed by atoms with E-state index in [1.807, 2.05) is 33.8 Å². The molecule has 0 saturated carbocycles. The molecule has 3 N–H and O–H groups in total. The molecule has 8 heteroatoms. The SMILES string of the molecule is CCCN(CC)C(=O)/C1=C/C/C=C(/C(=O)NC(C)C(C)=NC2C=C(N)C=CC(Cl)=C2)CC=C1Cl. The molecule has 2 atom stereocenters. The molecule has 0 saturated heterocycles. The van der Waals surface area contributed by atoms with Crippen LogP contribution in [0.1, 0.15) is 47.0 Å². The van der Waals surface area contributed by atoms with Gasteiger partial charge in [-0.25, -0.2) is 0 Å². The maximum Gasteiger partial charge on any atom is 0.255 e. The van der Waals surface area contributed by atoms with Gasteiger partial charge in [-0.15, -0.1) is 0 Å². The summed E-state index contributed by atoms with van der Waals surface area (Å²) < 4.78 is 0. The zero-order valence-corrected chi connectivity index (χ0v) is 21.8. The minimum Gasteiger partial charge on any atom is -0.399 e. The molecule has 0 aromatic carbocycles. The van der Waals surface area contributed by atoms with Crippen molar-refractivity contribution >= 4 is 40.7 Å². The molecule has 184 valence electrons. The smallest absolute Gasteiger partial charge is 0.255 e. The summed E-state index contributed by atoms with van der Waals surface area (Å²) in [5, 5.41) is 3.92. The van der Waals surface area contributed by atoms with Crippen molar-refractivity contribution in [3.8, 4) is 0 Å². The van der Waals surface area contributed by atoms with Crippen LogP contribution in [0.15, 0.2) is 74.4 Å². The first kappa shape index (κ1) is 27.7. The van der Waals surface area contributed by atoms with Crippen LogP contribution in [0.2, 0.25) is 0 Å². The number of hydrogen-bond donors (Lipinski definition) is 2. The number of allylic oxidation sites excluding steroid dienone is 6. The van der Waals surface area contributed by atoms with Crippen molar-refractivity contribution in [1.82, 2.24) is 10.2 Å². The Morgan fingerprint density at radius 3 is 2.62 bits per heavy atom. The number of amides is 2. The van der Waals surface area contributed by atoms with Gasteiger partial charge in [-0.05, 0) is 64.3 Å². The van der Waals surface area contributed by atoms with E-state index in [4.69, 9.17) is 28.9 Å². The number of likely N-dealkylation sites (N-methyl/N-ethyl adjacent to an activating group) is 1. The number of nitrogens with two attached hydrogens (primary N) is 1. The first-order chi connectivity index (χ1) is 16.2. The van der Waals surface area contributed by atoms with Crippen LogP contribution < -0.4 is 11.1 Å². The fraction of sp³-hybridized carbons (Fsp3) is 0.423. The highest BCUT2D eigenvalue weighted by Crippen LogP contribution is 2.23. The van der Waals surface area contributed by atoms with Gasteiger partial charge in [0.05, 0.1) is 17.7 Å². The van der Waals surface area contributed by atoms with Gasteiger partial charge in [0.2, 0.25) is 5.91 Å². The fourth-order valence-corrected chi connectivity index (χ4v) is 3.97. The van der Waals surface area contributed by atoms with Crippen LogP contribution in [-0.4, -0.2) is 47.6 Å². The Labute approximate surface area is 212 Å². The summed E-state index contributed by atoms with van der Waals surface area (Å²) in [5.41, 5.74) is 8.32. The third-order valence-corrected chi connectivity index (χ3v) is 6.19. The predicted molar refractivity (Wildman–Crippen MR) is 142 cm³/mol. The van der Waals surface area contributed by atoms with Gasteiger partial charge < -0.3 is 16.0 Å². The standard InChI is InChI=1S/C26H34Cl2N4O2/c1-5-14-32(6-2)26(34)23-9-7-8-19(10-13-24(23)28)25(33)31-18(4)17(3)30-22-15-20(27)11-12-21(29)16-22/h8-9,11-13,15-16,18,22H,5-7,10,14,29H2,1-4H3,(H,31,33)/b19-8+,23-9+,24-13?,30-17?. The number of carbonyl (C=O) groups excluding carboxylic acids is 2. The number of rotatable bonds is 8. The molecule has 0 fully saturated rings. The van der Waals surface area contributed by atoms with Crippen LogP contribution >= 0.6 is 23.2 Å². The number of nitrogens with zero attached hydrogens (tertiary/aromatic N) is 2. The Morgan fingerprint density at radius 2 is 1.94 bits per heavy atom. The van der Waals surface area contributed by atoms with Gasteiger partial charge in [0.25, 0.3) is 5.91 Å². The highest BCUT2D eigenvalue weighted by molar-refractivity contribution is 6.35. The molecule has 0 spiro atoms. The Hall–Kier alpha value is -2.57. The molecule has 2 amide bonds. The average molecular weight is 505 g/mol. The summed E-state index contributed by atoms with van der Waals surface area (Å²) in [4.78, 5) is 32.2. The van der Waals surface area contributed by atoms with Crippen molar-refractivity contribution in [3.63, 3.8) is 0 Å². The van der Waals surface area contributed by atoms with Gasteiger partial charge in [-0.1, -0.05) is 48.4 Å². The third kappa shape index (κ3) is 8.03. The second-order valence-electron chi connectivity index (χ2n) is 8.23. The van der Waals surface area contributed by atoms with Crippen molar-refractivity contribution in [2.45, 2.75) is 59.0 Å². The zero-order chi connectivity index (χ0) is 25.3. The summed E-state index contributed by atoms with van der Waals surface area (Å²) >= 11 is 12.6. The van der Waals surface area contributed by atoms with E-state index >= 15 is 0 Å². The highest BCUT2D eigenvalue weighted by Gasteiger charge is 2.21. The first-order valence-corrected chi connectivity index (χ1v) is 12.3. The molecule has 2 aliphatic carbocycles. The van der Waals surface area contributed by atoms with Crippen molar-refractivity contribution in [2.24, 2.45) is 10.7 Å². The summed E-state index contributed by atoms with van der Waals surface area (Å²) in [6.07, 6.45) is 14.1. The minimum absolute atomic E-state index is 0.0788. The molecule has 0 bridgehead atoms. The Kier molecular flexibility index (Phi) is 10.9. The average Bonchev–Trinajstić information content (AvgIpc) is 2.93. The molecule has 2 unspecified atom stereocenters. The summed E-state index contributed by atoms with van der Waals surface area (Å²) in [5.74, 6) is -0.275. The number of halogens is 2. The fourth-order valence-electron chi connectivity index (χ4n) is 3.54. The van der Waals surface area contributed by atoms with E-state index in [1.54, 1.807) is 41.4 Å². The predicted octanol–water partition coefficient (Wildman–Crippen LogP) is 4.88. The Morgan fingerprint density at radius 1 is 1.21 bits per heavy atom. The van der Waals surface area contributed by atoms with Gasteiger partial charge in [0, 0.05) is 40.1 Å². The normalized spacial score (nSPS) is 22.9. The maximum absolute atomic E-state index is 12.9. The molecular formula is C26H34Cl2N4O2. The van der Waals surface area contributed by atoms with Crippen molar-refractivity contribution in [1.29, 1.82) is 0 Å². The number of aliphatic imine (C=N–C) groups is 1. The van der Waals surface area contributed by atoms with Gasteiger partial charge in [0.15, 0.2) is 0 Å². The zero-order valence-electron chi connectivity index (χ0n) is 20.3. The second-order valence-corrected chi connectivity index (χ2v) is 9.08. The van der Waals surface area contributed by atoms with Crippen LogP contribution in [0, 0.1) is 0 Å². The number of nitrogens with one attached hydrogen (secondary N) is 1. The van der Waals surface area contributed by atoms with E-state index in [1.165, 1.54) is 0 Å². The summed E-state index contributed by atoms with van der Waals surface area (Å²) in [6.45, 7) is 9.02. The first-order valence-electron chi connectivity index (χ1n) is 11.6. The van der Waals surface area contributed by atoms with E-state index < -0.39 is 0 Å². The van der Waals surface area contributed by atoms with E-state index in [9.17, 15) is 9.59 Å². The molecule has 0 aliphatic heterocycles. The quantitative estimate of drug-likeness (QED) is 0.461. The molecule has 2 aliphatic rings. The van der Waals surface area contributed by atoms with Crippen LogP contribution in [-0.2, 0) is 9.59 Å². The lowest BCUT2D eigenvalue weighted by atomic mass is 10.0. The lowest BCUT2D eigenvalue weighted by Crippen LogP contribution is -2.38. The largest absolute Gasteiger partial charge is 0.399 e. The van der Waals surface area contributed by atoms with Gasteiger partial charge >= 0.3 is 0 Å². The maximum atomic E-state index is 12.9. The molecule has 6 nitrogen and oxygen atoms in total. The monoisotopic (exact) mass is 504 g/mol.